The summed E-state index contributed by atoms with van der Waals surface area (Å²) in [4.78, 5) is 0. The van der Waals surface area contributed by atoms with Gasteiger partial charge in [0.05, 0.1) is 24.7 Å². The molecule has 0 aromatic carbocycles. The monoisotopic (exact) mass is 278 g/mol. The molecule has 0 heterocycles. The average Bonchev–Trinajstić information content (AvgIpc) is 2.48. The van der Waals surface area contributed by atoms with Crippen molar-refractivity contribution in [2.75, 3.05) is 47.6 Å². The summed E-state index contributed by atoms with van der Waals surface area (Å²) in [5, 5.41) is 9.19. The average molecular weight is 278 g/mol. The van der Waals surface area contributed by atoms with E-state index in [-0.39, 0.29) is 20.1 Å². The van der Waals surface area contributed by atoms with Crippen LogP contribution in [0, 0.1) is 16.7 Å². The quantitative estimate of drug-likeness (QED) is 0.195. The molecule has 0 radical (unpaired) electrons. The maximum atomic E-state index is 9.19. The molecule has 8 heteroatoms. The molecule has 0 saturated carbocycles. The summed E-state index contributed by atoms with van der Waals surface area (Å²) < 4.78 is 19.9. The summed E-state index contributed by atoms with van der Waals surface area (Å²) in [6.07, 6.45) is 1.14. The van der Waals surface area contributed by atoms with Crippen LogP contribution in [0.1, 0.15) is 12.8 Å². The Balaban J connectivity index is 0. The van der Waals surface area contributed by atoms with Gasteiger partial charge in [-0.15, -0.1) is 0 Å². The molecule has 6 N–H and O–H groups in total. The van der Waals surface area contributed by atoms with Crippen molar-refractivity contribution >= 4 is 0 Å². The normalized spacial score (nSPS) is 10.5. The van der Waals surface area contributed by atoms with Crippen LogP contribution in [0.3, 0.4) is 0 Å². The highest BCUT2D eigenvalue weighted by atomic mass is 16.7. The molecule has 0 fully saturated rings. The highest BCUT2D eigenvalue weighted by Crippen LogP contribution is 2.24. The number of ether oxygens (including phenoxy) is 4. The second-order valence-electron chi connectivity index (χ2n) is 3.73. The van der Waals surface area contributed by atoms with E-state index in [1.54, 1.807) is 14.2 Å². The number of nitriles is 1. The topological polar surface area (TPSA) is 139 Å². The van der Waals surface area contributed by atoms with E-state index in [0.29, 0.717) is 26.1 Å². The van der Waals surface area contributed by atoms with Crippen LogP contribution in [0.2, 0.25) is 0 Å². The van der Waals surface area contributed by atoms with E-state index >= 15 is 0 Å². The van der Waals surface area contributed by atoms with E-state index in [2.05, 4.69) is 17.8 Å². The van der Waals surface area contributed by atoms with E-state index in [1.807, 2.05) is 0 Å². The summed E-state index contributed by atoms with van der Waals surface area (Å²) in [7, 11) is 3.11. The van der Waals surface area contributed by atoms with Crippen LogP contribution in [-0.4, -0.2) is 47.6 Å². The minimum absolute atomic E-state index is 0.228. The number of rotatable bonds is 11. The molecule has 0 aliphatic carbocycles. The number of hydrazine groups is 1. The molecule has 0 bridgehead atoms. The molecular weight excluding hydrogens is 252 g/mol. The maximum Gasteiger partial charge on any atom is 0.146 e. The first kappa shape index (κ1) is 20.5. The molecule has 0 spiro atoms. The Hall–Kier alpha value is -0.790. The summed E-state index contributed by atoms with van der Waals surface area (Å²) in [5.74, 6) is 8.00. The maximum absolute atomic E-state index is 9.19. The molecule has 0 aromatic rings. The Morgan fingerprint density at radius 3 is 1.68 bits per heavy atom. The Morgan fingerprint density at radius 2 is 1.42 bits per heavy atom. The zero-order valence-corrected chi connectivity index (χ0v) is 11.8. The number of nitrogens with zero attached hydrogens (tertiary/aromatic N) is 1. The van der Waals surface area contributed by atoms with Crippen LogP contribution in [-0.2, 0) is 18.9 Å². The SMILES string of the molecule is COCOCCC(C#N)(CN)CCOCOC.NN. The van der Waals surface area contributed by atoms with Gasteiger partial charge in [0.15, 0.2) is 0 Å². The van der Waals surface area contributed by atoms with Crippen molar-refractivity contribution in [3.05, 3.63) is 0 Å². The highest BCUT2D eigenvalue weighted by Gasteiger charge is 2.28. The predicted molar refractivity (Wildman–Crippen MR) is 70.4 cm³/mol. The molecule has 19 heavy (non-hydrogen) atoms. The van der Waals surface area contributed by atoms with Crippen LogP contribution in [0.5, 0.6) is 0 Å². The molecule has 114 valence electrons. The lowest BCUT2D eigenvalue weighted by molar-refractivity contribution is -0.0483. The molecule has 0 rings (SSSR count). The van der Waals surface area contributed by atoms with Crippen molar-refractivity contribution in [1.82, 2.24) is 0 Å². The standard InChI is InChI=1S/C11H22N2O4.H4N2/c1-14-9-16-5-3-11(7-12,8-13)4-6-17-10-15-2;1-2/h3-7,9-10,12H2,1-2H3;1-2H2. The van der Waals surface area contributed by atoms with Gasteiger partial charge in [0, 0.05) is 20.8 Å². The van der Waals surface area contributed by atoms with Gasteiger partial charge in [0.1, 0.15) is 13.6 Å². The van der Waals surface area contributed by atoms with Crippen LogP contribution >= 0.6 is 0 Å². The summed E-state index contributed by atoms with van der Waals surface area (Å²) in [6, 6.07) is 2.25. The first-order valence-corrected chi connectivity index (χ1v) is 5.82. The highest BCUT2D eigenvalue weighted by molar-refractivity contribution is 4.99. The van der Waals surface area contributed by atoms with Gasteiger partial charge in [-0.2, -0.15) is 5.26 Å². The number of hydrogen-bond acceptors (Lipinski definition) is 8. The Bertz CT molecular complexity index is 211. The lowest BCUT2D eigenvalue weighted by atomic mass is 9.83. The van der Waals surface area contributed by atoms with Crippen molar-refractivity contribution in [2.24, 2.45) is 22.8 Å². The van der Waals surface area contributed by atoms with E-state index in [1.165, 1.54) is 0 Å². The Labute approximate surface area is 114 Å². The van der Waals surface area contributed by atoms with Crippen LogP contribution in [0.4, 0.5) is 0 Å². The largest absolute Gasteiger partial charge is 0.359 e. The van der Waals surface area contributed by atoms with Crippen LogP contribution in [0.25, 0.3) is 0 Å². The fraction of sp³-hybridized carbons (Fsp3) is 0.909. The van der Waals surface area contributed by atoms with Gasteiger partial charge < -0.3 is 24.7 Å². The fourth-order valence-corrected chi connectivity index (χ4v) is 1.31. The summed E-state index contributed by atoms with van der Waals surface area (Å²) in [5.41, 5.74) is 5.06. The van der Waals surface area contributed by atoms with Gasteiger partial charge in [0.25, 0.3) is 0 Å². The summed E-state index contributed by atoms with van der Waals surface area (Å²) >= 11 is 0. The smallest absolute Gasteiger partial charge is 0.146 e. The zero-order chi connectivity index (χ0) is 15.0. The van der Waals surface area contributed by atoms with Crippen molar-refractivity contribution in [1.29, 1.82) is 5.26 Å². The predicted octanol–water partition coefficient (Wildman–Crippen LogP) is -0.705. The molecule has 0 amide bonds. The van der Waals surface area contributed by atoms with Crippen molar-refractivity contribution in [3.8, 4) is 6.07 Å². The van der Waals surface area contributed by atoms with Crippen molar-refractivity contribution in [2.45, 2.75) is 12.8 Å². The fourth-order valence-electron chi connectivity index (χ4n) is 1.31. The zero-order valence-electron chi connectivity index (χ0n) is 11.8. The third-order valence-electron chi connectivity index (χ3n) is 2.48. The number of hydrogen-bond donors (Lipinski definition) is 3. The number of methoxy groups -OCH3 is 2. The first-order valence-electron chi connectivity index (χ1n) is 5.82. The lowest BCUT2D eigenvalue weighted by Gasteiger charge is -2.24. The van der Waals surface area contributed by atoms with Gasteiger partial charge in [-0.1, -0.05) is 0 Å². The second-order valence-corrected chi connectivity index (χ2v) is 3.73. The summed E-state index contributed by atoms with van der Waals surface area (Å²) in [6.45, 7) is 1.64. The third-order valence-corrected chi connectivity index (χ3v) is 2.48. The Kier molecular flexibility index (Phi) is 16.5. The van der Waals surface area contributed by atoms with Crippen LogP contribution < -0.4 is 17.4 Å². The lowest BCUT2D eigenvalue weighted by Crippen LogP contribution is -2.32. The van der Waals surface area contributed by atoms with Gasteiger partial charge >= 0.3 is 0 Å². The van der Waals surface area contributed by atoms with Gasteiger partial charge in [-0.3, -0.25) is 11.7 Å². The minimum Gasteiger partial charge on any atom is -0.359 e. The van der Waals surface area contributed by atoms with E-state index in [4.69, 9.17) is 24.7 Å². The molecule has 0 aromatic heterocycles. The first-order chi connectivity index (χ1) is 9.24. The molecule has 0 saturated heterocycles. The van der Waals surface area contributed by atoms with Crippen LogP contribution in [0.15, 0.2) is 0 Å². The van der Waals surface area contributed by atoms with Gasteiger partial charge in [-0.05, 0) is 12.8 Å². The molecular formula is C11H26N4O4. The molecule has 0 aliphatic heterocycles. The molecule has 0 atom stereocenters. The Morgan fingerprint density at radius 1 is 1.00 bits per heavy atom. The van der Waals surface area contributed by atoms with Crippen molar-refractivity contribution in [3.63, 3.8) is 0 Å². The van der Waals surface area contributed by atoms with Gasteiger partial charge in [0.2, 0.25) is 0 Å². The molecule has 8 nitrogen and oxygen atoms in total. The van der Waals surface area contributed by atoms with Gasteiger partial charge in [-0.25, -0.2) is 0 Å². The second kappa shape index (κ2) is 15.3. The van der Waals surface area contributed by atoms with E-state index in [9.17, 15) is 5.26 Å². The minimum atomic E-state index is -0.596. The third kappa shape index (κ3) is 10.8. The molecule has 0 unspecified atom stereocenters. The number of nitrogens with two attached hydrogens (primary N) is 3. The van der Waals surface area contributed by atoms with E-state index in [0.717, 1.165) is 0 Å². The van der Waals surface area contributed by atoms with E-state index < -0.39 is 5.41 Å². The molecule has 0 aliphatic rings. The van der Waals surface area contributed by atoms with Crippen molar-refractivity contribution < 1.29 is 18.9 Å².